The molecule has 0 saturated heterocycles. The lowest BCUT2D eigenvalue weighted by atomic mass is 10.3. The van der Waals surface area contributed by atoms with Crippen molar-refractivity contribution in [2.24, 2.45) is 0 Å². The molecule has 2 rings (SSSR count). The Balaban J connectivity index is 2.30. The van der Waals surface area contributed by atoms with Crippen molar-refractivity contribution in [1.29, 1.82) is 0 Å². The third-order valence-electron chi connectivity index (χ3n) is 2.09. The first-order chi connectivity index (χ1) is 8.06. The summed E-state index contributed by atoms with van der Waals surface area (Å²) in [6.07, 6.45) is 0. The summed E-state index contributed by atoms with van der Waals surface area (Å²) in [6, 6.07) is 10.5. The quantitative estimate of drug-likeness (QED) is 0.785. The van der Waals surface area contributed by atoms with Crippen LogP contribution in [0.15, 0.2) is 50.7 Å². The summed E-state index contributed by atoms with van der Waals surface area (Å²) in [6.45, 7) is 0. The van der Waals surface area contributed by atoms with Gasteiger partial charge in [0.2, 0.25) is 0 Å². The largest absolute Gasteiger partial charge is 0.398 e. The first kappa shape index (κ1) is 12.7. The molecule has 0 aromatic heterocycles. The van der Waals surface area contributed by atoms with Crippen LogP contribution < -0.4 is 5.73 Å². The highest BCUT2D eigenvalue weighted by Gasteiger charge is 2.07. The number of benzene rings is 2. The van der Waals surface area contributed by atoms with E-state index >= 15 is 0 Å². The predicted molar refractivity (Wildman–Crippen MR) is 74.1 cm³/mol. The first-order valence-electron chi connectivity index (χ1n) is 4.74. The van der Waals surface area contributed by atoms with Crippen molar-refractivity contribution in [2.75, 3.05) is 5.73 Å². The third-order valence-corrected chi connectivity index (χ3v) is 3.99. The number of halogens is 3. The second kappa shape index (κ2) is 5.29. The summed E-state index contributed by atoms with van der Waals surface area (Å²) in [7, 11) is 0. The average molecular weight is 333 g/mol. The second-order valence-electron chi connectivity index (χ2n) is 3.36. The van der Waals surface area contributed by atoms with Crippen molar-refractivity contribution in [2.45, 2.75) is 9.79 Å². The minimum absolute atomic E-state index is 0.0822. The summed E-state index contributed by atoms with van der Waals surface area (Å²) in [5.74, 6) is -0.496. The Bertz CT molecular complexity index is 545. The minimum Gasteiger partial charge on any atom is -0.398 e. The molecule has 0 radical (unpaired) electrons. The maximum absolute atomic E-state index is 13.1. The summed E-state index contributed by atoms with van der Waals surface area (Å²) >= 11 is 10.5. The average Bonchev–Trinajstić information content (AvgIpc) is 2.29. The van der Waals surface area contributed by atoms with Crippen LogP contribution in [-0.2, 0) is 0 Å². The molecule has 0 spiro atoms. The Kier molecular flexibility index (Phi) is 3.97. The molecule has 0 saturated carbocycles. The number of rotatable bonds is 2. The Morgan fingerprint density at radius 2 is 1.82 bits per heavy atom. The highest BCUT2D eigenvalue weighted by Crippen LogP contribution is 2.35. The van der Waals surface area contributed by atoms with E-state index in [2.05, 4.69) is 15.9 Å². The molecule has 0 unspecified atom stereocenters. The highest BCUT2D eigenvalue weighted by molar-refractivity contribution is 9.10. The molecule has 0 aliphatic heterocycles. The van der Waals surface area contributed by atoms with Crippen molar-refractivity contribution in [1.82, 2.24) is 0 Å². The van der Waals surface area contributed by atoms with Gasteiger partial charge in [-0.2, -0.15) is 0 Å². The standard InChI is InChI=1S/C12H8BrClFNS/c13-7-1-3-8(4-2-7)17-12-5-9(14)10(15)6-11(12)16/h1-6H,16H2. The van der Waals surface area contributed by atoms with Crippen LogP contribution in [0, 0.1) is 5.82 Å². The van der Waals surface area contributed by atoms with E-state index in [0.29, 0.717) is 5.69 Å². The van der Waals surface area contributed by atoms with Crippen LogP contribution in [0.2, 0.25) is 5.02 Å². The summed E-state index contributed by atoms with van der Waals surface area (Å²) in [5.41, 5.74) is 6.13. The fraction of sp³-hybridized carbons (Fsp3) is 0. The zero-order chi connectivity index (χ0) is 12.4. The number of nitrogen functional groups attached to an aromatic ring is 1. The molecule has 88 valence electrons. The van der Waals surface area contributed by atoms with Gasteiger partial charge in [0.15, 0.2) is 0 Å². The molecule has 0 heterocycles. The second-order valence-corrected chi connectivity index (χ2v) is 5.80. The molecule has 0 amide bonds. The van der Waals surface area contributed by atoms with Gasteiger partial charge in [0.25, 0.3) is 0 Å². The molecule has 0 aliphatic carbocycles. The zero-order valence-electron chi connectivity index (χ0n) is 8.58. The van der Waals surface area contributed by atoms with E-state index in [1.807, 2.05) is 24.3 Å². The van der Waals surface area contributed by atoms with Crippen molar-refractivity contribution < 1.29 is 4.39 Å². The summed E-state index contributed by atoms with van der Waals surface area (Å²) in [5, 5.41) is 0.0822. The van der Waals surface area contributed by atoms with Gasteiger partial charge >= 0.3 is 0 Å². The van der Waals surface area contributed by atoms with Crippen molar-refractivity contribution >= 4 is 45.0 Å². The van der Waals surface area contributed by atoms with Crippen LogP contribution in [0.25, 0.3) is 0 Å². The molecule has 17 heavy (non-hydrogen) atoms. The molecular weight excluding hydrogens is 325 g/mol. The van der Waals surface area contributed by atoms with Gasteiger partial charge in [-0.15, -0.1) is 0 Å². The fourth-order valence-electron chi connectivity index (χ4n) is 1.26. The van der Waals surface area contributed by atoms with Gasteiger partial charge in [0.05, 0.1) is 5.02 Å². The first-order valence-corrected chi connectivity index (χ1v) is 6.73. The lowest BCUT2D eigenvalue weighted by Gasteiger charge is -2.06. The Hall–Kier alpha value is -0.710. The van der Waals surface area contributed by atoms with Gasteiger partial charge in [-0.3, -0.25) is 0 Å². The fourth-order valence-corrected chi connectivity index (χ4v) is 2.63. The molecule has 2 aromatic rings. The smallest absolute Gasteiger partial charge is 0.143 e. The maximum Gasteiger partial charge on any atom is 0.143 e. The predicted octanol–water partition coefficient (Wildman–Crippen LogP) is 4.98. The monoisotopic (exact) mass is 331 g/mol. The topological polar surface area (TPSA) is 26.0 Å². The minimum atomic E-state index is -0.496. The molecule has 0 bridgehead atoms. The van der Waals surface area contributed by atoms with E-state index in [9.17, 15) is 4.39 Å². The molecule has 0 fully saturated rings. The molecule has 1 nitrogen and oxygen atoms in total. The number of nitrogens with two attached hydrogens (primary N) is 1. The van der Waals surface area contributed by atoms with Crippen LogP contribution in [0.5, 0.6) is 0 Å². The van der Waals surface area contributed by atoms with Gasteiger partial charge in [-0.05, 0) is 36.4 Å². The van der Waals surface area contributed by atoms with Gasteiger partial charge in [-0.25, -0.2) is 4.39 Å². The van der Waals surface area contributed by atoms with Crippen LogP contribution in [-0.4, -0.2) is 0 Å². The van der Waals surface area contributed by atoms with Crippen molar-refractivity contribution in [3.8, 4) is 0 Å². The SMILES string of the molecule is Nc1cc(F)c(Cl)cc1Sc1ccc(Br)cc1. The Morgan fingerprint density at radius 1 is 1.18 bits per heavy atom. The van der Waals surface area contributed by atoms with Crippen molar-refractivity contribution in [3.63, 3.8) is 0 Å². The van der Waals surface area contributed by atoms with Crippen LogP contribution >= 0.6 is 39.3 Å². The van der Waals surface area contributed by atoms with Gasteiger partial charge in [-0.1, -0.05) is 39.3 Å². The number of hydrogen-bond donors (Lipinski definition) is 1. The highest BCUT2D eigenvalue weighted by atomic mass is 79.9. The molecule has 0 atom stereocenters. The van der Waals surface area contributed by atoms with Gasteiger partial charge < -0.3 is 5.73 Å². The molecular formula is C12H8BrClFNS. The van der Waals surface area contributed by atoms with Crippen LogP contribution in [0.3, 0.4) is 0 Å². The van der Waals surface area contributed by atoms with E-state index in [1.165, 1.54) is 17.8 Å². The van der Waals surface area contributed by atoms with E-state index in [4.69, 9.17) is 17.3 Å². The van der Waals surface area contributed by atoms with E-state index in [-0.39, 0.29) is 5.02 Å². The zero-order valence-corrected chi connectivity index (χ0v) is 11.7. The maximum atomic E-state index is 13.1. The van der Waals surface area contributed by atoms with E-state index in [1.54, 1.807) is 6.07 Å². The Morgan fingerprint density at radius 3 is 2.47 bits per heavy atom. The Labute approximate surface area is 116 Å². The van der Waals surface area contributed by atoms with Gasteiger partial charge in [0.1, 0.15) is 5.82 Å². The lowest BCUT2D eigenvalue weighted by Crippen LogP contribution is -1.90. The van der Waals surface area contributed by atoms with Crippen molar-refractivity contribution in [3.05, 3.63) is 51.7 Å². The summed E-state index contributed by atoms with van der Waals surface area (Å²) in [4.78, 5) is 1.77. The number of anilines is 1. The third kappa shape index (κ3) is 3.15. The molecule has 2 N–H and O–H groups in total. The van der Waals surface area contributed by atoms with Crippen LogP contribution in [0.4, 0.5) is 10.1 Å². The van der Waals surface area contributed by atoms with E-state index in [0.717, 1.165) is 14.3 Å². The normalized spacial score (nSPS) is 10.5. The van der Waals surface area contributed by atoms with E-state index < -0.39 is 5.82 Å². The number of hydrogen-bond acceptors (Lipinski definition) is 2. The molecule has 0 aliphatic rings. The van der Waals surface area contributed by atoms with Gasteiger partial charge in [0, 0.05) is 20.0 Å². The lowest BCUT2D eigenvalue weighted by molar-refractivity contribution is 0.628. The molecule has 5 heteroatoms. The van der Waals surface area contributed by atoms with Crippen LogP contribution in [0.1, 0.15) is 0 Å². The molecule has 2 aromatic carbocycles. The summed E-state index contributed by atoms with van der Waals surface area (Å²) < 4.78 is 14.1.